The van der Waals surface area contributed by atoms with E-state index in [0.717, 1.165) is 4.88 Å². The number of rotatable bonds is 4. The molecule has 21 heavy (non-hydrogen) atoms. The van der Waals surface area contributed by atoms with Gasteiger partial charge in [0.05, 0.1) is 22.5 Å². The Bertz CT molecular complexity index is 709. The highest BCUT2D eigenvalue weighted by molar-refractivity contribution is 7.16. The first-order valence-electron chi connectivity index (χ1n) is 6.40. The molecule has 0 unspecified atom stereocenters. The summed E-state index contributed by atoms with van der Waals surface area (Å²) in [4.78, 5) is 24.3. The zero-order valence-electron chi connectivity index (χ0n) is 11.9. The lowest BCUT2D eigenvalue weighted by atomic mass is 10.1. The Labute approximate surface area is 125 Å². The van der Waals surface area contributed by atoms with E-state index >= 15 is 0 Å². The number of anilines is 1. The molecular formula is C14H15N3O3S. The van der Waals surface area contributed by atoms with E-state index in [1.54, 1.807) is 26.0 Å². The van der Waals surface area contributed by atoms with Crippen molar-refractivity contribution in [3.05, 3.63) is 39.5 Å². The molecule has 0 radical (unpaired) electrons. The second-order valence-corrected chi connectivity index (χ2v) is 5.82. The Morgan fingerprint density at radius 2 is 1.95 bits per heavy atom. The fraction of sp³-hybridized carbons (Fsp3) is 0.286. The summed E-state index contributed by atoms with van der Waals surface area (Å²) in [6, 6.07) is 3.20. The summed E-state index contributed by atoms with van der Waals surface area (Å²) in [5.41, 5.74) is 1.75. The van der Waals surface area contributed by atoms with Crippen LogP contribution in [0.3, 0.4) is 0 Å². The normalized spacial score (nSPS) is 10.4. The minimum atomic E-state index is -1.06. The van der Waals surface area contributed by atoms with Crippen LogP contribution in [-0.2, 0) is 6.42 Å². The van der Waals surface area contributed by atoms with E-state index in [-0.39, 0.29) is 11.5 Å². The average molecular weight is 305 g/mol. The molecule has 6 nitrogen and oxygen atoms in total. The molecule has 0 aliphatic rings. The molecule has 0 saturated heterocycles. The number of carbonyl (C=O) groups excluding carboxylic acids is 1. The summed E-state index contributed by atoms with van der Waals surface area (Å²) in [7, 11) is 0. The Morgan fingerprint density at radius 3 is 2.57 bits per heavy atom. The smallest absolute Gasteiger partial charge is 0.338 e. The molecule has 2 aromatic rings. The summed E-state index contributed by atoms with van der Waals surface area (Å²) in [6.07, 6.45) is 0.575. The van der Waals surface area contributed by atoms with Gasteiger partial charge >= 0.3 is 5.97 Å². The maximum Gasteiger partial charge on any atom is 0.338 e. The van der Waals surface area contributed by atoms with Gasteiger partial charge in [-0.25, -0.2) is 4.79 Å². The van der Waals surface area contributed by atoms with E-state index in [4.69, 9.17) is 5.11 Å². The predicted molar refractivity (Wildman–Crippen MR) is 80.1 cm³/mol. The third-order valence-electron chi connectivity index (χ3n) is 2.88. The molecule has 1 amide bonds. The molecular weight excluding hydrogens is 290 g/mol. The third-order valence-corrected chi connectivity index (χ3v) is 3.85. The second kappa shape index (κ2) is 6.01. The van der Waals surface area contributed by atoms with Crippen LogP contribution in [0.15, 0.2) is 12.1 Å². The number of aromatic nitrogens is 2. The quantitative estimate of drug-likeness (QED) is 0.906. The van der Waals surface area contributed by atoms with Gasteiger partial charge in [0.1, 0.15) is 5.00 Å². The van der Waals surface area contributed by atoms with Crippen molar-refractivity contribution in [1.82, 2.24) is 10.2 Å². The van der Waals surface area contributed by atoms with Gasteiger partial charge in [-0.1, -0.05) is 6.92 Å². The van der Waals surface area contributed by atoms with Gasteiger partial charge in [0.15, 0.2) is 0 Å². The van der Waals surface area contributed by atoms with E-state index in [1.165, 1.54) is 11.3 Å². The van der Waals surface area contributed by atoms with Crippen LogP contribution in [0.1, 0.15) is 43.9 Å². The Hall–Kier alpha value is -2.28. The van der Waals surface area contributed by atoms with Crippen LogP contribution in [0, 0.1) is 13.8 Å². The lowest BCUT2D eigenvalue weighted by Crippen LogP contribution is -2.17. The Balaban J connectivity index is 2.34. The lowest BCUT2D eigenvalue weighted by molar-refractivity contribution is 0.0698. The summed E-state index contributed by atoms with van der Waals surface area (Å²) in [6.45, 7) is 5.43. The van der Waals surface area contributed by atoms with Crippen molar-refractivity contribution in [2.75, 3.05) is 5.32 Å². The van der Waals surface area contributed by atoms with Crippen molar-refractivity contribution in [2.45, 2.75) is 27.2 Å². The van der Waals surface area contributed by atoms with Crippen LogP contribution < -0.4 is 5.32 Å². The molecule has 7 heteroatoms. The van der Waals surface area contributed by atoms with Crippen molar-refractivity contribution < 1.29 is 14.7 Å². The number of carboxylic acids is 1. The number of nitrogens with zero attached hydrogens (tertiary/aromatic N) is 2. The molecule has 0 aliphatic heterocycles. The number of hydrogen-bond acceptors (Lipinski definition) is 5. The van der Waals surface area contributed by atoms with Crippen molar-refractivity contribution >= 4 is 28.2 Å². The number of hydrogen-bond donors (Lipinski definition) is 2. The van der Waals surface area contributed by atoms with Crippen molar-refractivity contribution in [2.24, 2.45) is 0 Å². The first-order chi connectivity index (χ1) is 9.92. The zero-order valence-corrected chi connectivity index (χ0v) is 12.7. The van der Waals surface area contributed by atoms with Gasteiger partial charge in [-0.05, 0) is 32.4 Å². The topological polar surface area (TPSA) is 92.2 Å². The summed E-state index contributed by atoms with van der Waals surface area (Å²) < 4.78 is 0. The van der Waals surface area contributed by atoms with Crippen LogP contribution in [0.2, 0.25) is 0 Å². The van der Waals surface area contributed by atoms with Gasteiger partial charge in [0.25, 0.3) is 5.91 Å². The van der Waals surface area contributed by atoms with Crippen LogP contribution in [-0.4, -0.2) is 27.2 Å². The molecule has 2 aromatic heterocycles. The summed E-state index contributed by atoms with van der Waals surface area (Å²) >= 11 is 1.23. The van der Waals surface area contributed by atoms with E-state index < -0.39 is 5.97 Å². The monoisotopic (exact) mass is 305 g/mol. The van der Waals surface area contributed by atoms with Gasteiger partial charge in [0.2, 0.25) is 0 Å². The predicted octanol–water partition coefficient (Wildman–Crippen LogP) is 2.67. The highest BCUT2D eigenvalue weighted by Crippen LogP contribution is 2.28. The van der Waals surface area contributed by atoms with Gasteiger partial charge in [-0.15, -0.1) is 11.3 Å². The minimum Gasteiger partial charge on any atom is -0.478 e. The van der Waals surface area contributed by atoms with E-state index in [9.17, 15) is 9.59 Å². The lowest BCUT2D eigenvalue weighted by Gasteiger charge is -2.08. The van der Waals surface area contributed by atoms with E-state index in [0.29, 0.717) is 28.4 Å². The molecule has 2 rings (SSSR count). The van der Waals surface area contributed by atoms with Gasteiger partial charge < -0.3 is 10.4 Å². The van der Waals surface area contributed by atoms with Crippen molar-refractivity contribution in [1.29, 1.82) is 0 Å². The molecule has 0 spiro atoms. The minimum absolute atomic E-state index is 0.0997. The number of carboxylic acid groups (broad SMARTS) is 1. The highest BCUT2D eigenvalue weighted by Gasteiger charge is 2.19. The largest absolute Gasteiger partial charge is 0.478 e. The van der Waals surface area contributed by atoms with Gasteiger partial charge in [-0.2, -0.15) is 10.2 Å². The number of thiophene rings is 1. The Morgan fingerprint density at radius 1 is 1.24 bits per heavy atom. The highest BCUT2D eigenvalue weighted by atomic mass is 32.1. The fourth-order valence-electron chi connectivity index (χ4n) is 1.91. The van der Waals surface area contributed by atoms with E-state index in [2.05, 4.69) is 15.5 Å². The molecule has 0 bridgehead atoms. The molecule has 0 atom stereocenters. The summed E-state index contributed by atoms with van der Waals surface area (Å²) in [5.74, 6) is -1.43. The first kappa shape index (κ1) is 15.1. The molecule has 0 saturated carbocycles. The number of nitrogens with one attached hydrogen (secondary N) is 1. The second-order valence-electron chi connectivity index (χ2n) is 4.56. The van der Waals surface area contributed by atoms with E-state index in [1.807, 2.05) is 6.92 Å². The number of amides is 1. The van der Waals surface area contributed by atoms with Crippen molar-refractivity contribution in [3.8, 4) is 0 Å². The first-order valence-corrected chi connectivity index (χ1v) is 7.22. The van der Waals surface area contributed by atoms with Crippen LogP contribution in [0.5, 0.6) is 0 Å². The molecule has 110 valence electrons. The molecule has 2 N–H and O–H groups in total. The molecule has 0 fully saturated rings. The van der Waals surface area contributed by atoms with Crippen molar-refractivity contribution in [3.63, 3.8) is 0 Å². The van der Waals surface area contributed by atoms with Crippen LogP contribution in [0.25, 0.3) is 0 Å². The number of carbonyl (C=O) groups is 2. The average Bonchev–Trinajstić information content (AvgIpc) is 2.79. The van der Waals surface area contributed by atoms with Crippen LogP contribution in [0.4, 0.5) is 5.00 Å². The maximum absolute atomic E-state index is 12.4. The zero-order chi connectivity index (χ0) is 15.6. The fourth-order valence-corrected chi connectivity index (χ4v) is 2.81. The van der Waals surface area contributed by atoms with Crippen LogP contribution >= 0.6 is 11.3 Å². The summed E-state index contributed by atoms with van der Waals surface area (Å²) in [5, 5.41) is 20.1. The Kier molecular flexibility index (Phi) is 4.32. The van der Waals surface area contributed by atoms with Gasteiger partial charge in [-0.3, -0.25) is 4.79 Å². The molecule has 0 aromatic carbocycles. The molecule has 2 heterocycles. The van der Waals surface area contributed by atoms with Gasteiger partial charge in [0, 0.05) is 4.88 Å². The SMILES string of the molecule is CCc1nnc(C)cc1C(=O)Nc1sc(C)cc1C(=O)O. The number of aryl methyl sites for hydroxylation is 3. The number of aromatic carboxylic acids is 1. The third kappa shape index (κ3) is 3.25. The molecule has 0 aliphatic carbocycles. The maximum atomic E-state index is 12.4. The standard InChI is InChI=1S/C14H15N3O3S/c1-4-11-9(5-7(2)16-17-11)12(18)15-13-10(14(19)20)6-8(3)21-13/h5-6H,4H2,1-3H3,(H,15,18)(H,19,20).